The molecule has 0 radical (unpaired) electrons. The van der Waals surface area contributed by atoms with Crippen molar-refractivity contribution in [2.45, 2.75) is 64.0 Å². The van der Waals surface area contributed by atoms with Crippen molar-refractivity contribution < 1.29 is 50.5 Å². The summed E-state index contributed by atoms with van der Waals surface area (Å²) in [6, 6.07) is 12.4. The maximum atomic E-state index is 13.5. The van der Waals surface area contributed by atoms with E-state index in [0.29, 0.717) is 5.56 Å². The number of nitrogens with zero attached hydrogens (tertiary/aromatic N) is 5. The summed E-state index contributed by atoms with van der Waals surface area (Å²) >= 11 is 0. The van der Waals surface area contributed by atoms with Crippen LogP contribution in [0.25, 0.3) is 16.9 Å². The van der Waals surface area contributed by atoms with E-state index in [9.17, 15) is 36.4 Å². The highest BCUT2D eigenvalue weighted by Gasteiger charge is 2.35. The summed E-state index contributed by atoms with van der Waals surface area (Å²) in [5.74, 6) is -0.963. The maximum absolute atomic E-state index is 13.5. The average molecular weight is 671 g/mol. The lowest BCUT2D eigenvalue weighted by Gasteiger charge is -2.20. The van der Waals surface area contributed by atoms with Gasteiger partial charge in [-0.05, 0) is 58.0 Å². The van der Waals surface area contributed by atoms with Crippen LogP contribution in [0.15, 0.2) is 64.8 Å². The van der Waals surface area contributed by atoms with Crippen LogP contribution in [0.2, 0.25) is 0 Å². The third-order valence-corrected chi connectivity index (χ3v) is 7.25. The number of alkyl halides is 3. The zero-order valence-electron chi connectivity index (χ0n) is 25.7. The van der Waals surface area contributed by atoms with Crippen molar-refractivity contribution >= 4 is 22.1 Å². The number of nitrogens with one attached hydrogen (secondary N) is 1. The van der Waals surface area contributed by atoms with Crippen LogP contribution in [0.4, 0.5) is 18.0 Å². The van der Waals surface area contributed by atoms with Crippen LogP contribution in [0, 0.1) is 12.1 Å². The summed E-state index contributed by atoms with van der Waals surface area (Å²) in [5.41, 5.74) is -0.299. The summed E-state index contributed by atoms with van der Waals surface area (Å²) in [6.45, 7) is 7.69. The monoisotopic (exact) mass is 670 g/mol. The van der Waals surface area contributed by atoms with Gasteiger partial charge in [0.25, 0.3) is 16.3 Å². The van der Waals surface area contributed by atoms with Gasteiger partial charge in [0.2, 0.25) is 11.2 Å². The minimum Gasteiger partial charge on any atom is -0.569 e. The number of hydrogen-bond donors (Lipinski definition) is 1. The number of sulfonamides is 1. The molecule has 0 saturated heterocycles. The lowest BCUT2D eigenvalue weighted by atomic mass is 10.1. The molecular formula is C28H33F3N6O8S. The van der Waals surface area contributed by atoms with Crippen molar-refractivity contribution in [1.29, 1.82) is 0 Å². The highest BCUT2D eigenvalue weighted by molar-refractivity contribution is 7.90. The van der Waals surface area contributed by atoms with E-state index in [1.54, 1.807) is 45.0 Å². The van der Waals surface area contributed by atoms with Gasteiger partial charge in [0.15, 0.2) is 5.69 Å². The number of rotatable bonds is 11. The third-order valence-electron chi connectivity index (χ3n) is 5.86. The Morgan fingerprint density at radius 3 is 2.28 bits per heavy atom. The molecule has 1 heterocycles. The molecule has 14 nitrogen and oxygen atoms in total. The van der Waals surface area contributed by atoms with Crippen LogP contribution in [-0.2, 0) is 35.3 Å². The Balaban J connectivity index is 1.63. The van der Waals surface area contributed by atoms with E-state index in [1.807, 2.05) is 11.6 Å². The van der Waals surface area contributed by atoms with Gasteiger partial charge in [-0.1, -0.05) is 29.8 Å². The quantitative estimate of drug-likeness (QED) is 0.0953. The number of aromatic nitrogens is 2. The molecule has 0 fully saturated rings. The zero-order valence-corrected chi connectivity index (χ0v) is 26.5. The van der Waals surface area contributed by atoms with E-state index in [-0.39, 0.29) is 27.8 Å². The van der Waals surface area contributed by atoms with Crippen LogP contribution < -0.4 is 4.72 Å². The Bertz CT molecular complexity index is 1670. The molecule has 0 spiro atoms. The van der Waals surface area contributed by atoms with E-state index in [4.69, 9.17) is 14.3 Å². The van der Waals surface area contributed by atoms with Gasteiger partial charge in [-0.2, -0.15) is 18.3 Å². The summed E-state index contributed by atoms with van der Waals surface area (Å²) in [7, 11) is -3.15. The van der Waals surface area contributed by atoms with Crippen molar-refractivity contribution in [2.24, 2.45) is 5.28 Å². The molecule has 0 aliphatic carbocycles. The number of benzene rings is 2. The number of hydrazine groups is 1. The van der Waals surface area contributed by atoms with Gasteiger partial charge in [-0.3, -0.25) is 9.63 Å². The Morgan fingerprint density at radius 2 is 1.72 bits per heavy atom. The van der Waals surface area contributed by atoms with E-state index in [2.05, 4.69) is 10.4 Å². The number of amides is 1. The molecule has 250 valence electrons. The number of carbonyl (C=O) groups excluding carboxylic acids is 2. The molecule has 0 saturated carbocycles. The smallest absolute Gasteiger partial charge is 0.511 e. The van der Waals surface area contributed by atoms with E-state index >= 15 is 0 Å². The van der Waals surface area contributed by atoms with Gasteiger partial charge in [0.05, 0.1) is 41.3 Å². The maximum Gasteiger partial charge on any atom is 0.511 e. The zero-order chi connectivity index (χ0) is 34.4. The molecule has 1 aromatic heterocycles. The molecular weight excluding hydrogens is 637 g/mol. The normalized spacial score (nSPS) is 13.1. The predicted octanol–water partition coefficient (Wildman–Crippen LogP) is 5.10. The molecule has 1 N–H and O–H groups in total. The van der Waals surface area contributed by atoms with Gasteiger partial charge in [0.1, 0.15) is 5.60 Å². The van der Waals surface area contributed by atoms with Crippen molar-refractivity contribution in [2.75, 3.05) is 13.6 Å². The Morgan fingerprint density at radius 1 is 1.11 bits per heavy atom. The fourth-order valence-corrected chi connectivity index (χ4v) is 4.64. The number of ether oxygens (including phenoxy) is 2. The molecule has 3 aromatic rings. The molecule has 46 heavy (non-hydrogen) atoms. The van der Waals surface area contributed by atoms with Gasteiger partial charge in [0, 0.05) is 12.5 Å². The van der Waals surface area contributed by atoms with Crippen molar-refractivity contribution in [3.05, 3.63) is 71.1 Å². The fourth-order valence-electron chi connectivity index (χ4n) is 3.62. The molecule has 1 unspecified atom stereocenters. The second-order valence-electron chi connectivity index (χ2n) is 10.9. The SMILES string of the molecule is Cc1ccc(-c2cc(C(F)(F)F)nn2-c2ccc(S(=O)(=O)NC(=O)CCN(C)[N+]([O-])=NOC(C)OC(=O)OC(C)(C)C)cc2)cc1. The average Bonchev–Trinajstić information content (AvgIpc) is 3.40. The number of carbonyl (C=O) groups is 2. The van der Waals surface area contributed by atoms with E-state index < -0.39 is 52.3 Å². The summed E-state index contributed by atoms with van der Waals surface area (Å²) in [5, 5.41) is 19.8. The van der Waals surface area contributed by atoms with E-state index in [0.717, 1.165) is 33.5 Å². The topological polar surface area (TPSA) is 167 Å². The highest BCUT2D eigenvalue weighted by atomic mass is 32.2. The summed E-state index contributed by atoms with van der Waals surface area (Å²) < 4.78 is 78.7. The second kappa shape index (κ2) is 14.1. The standard InChI is InChI=1S/C28H33F3N6O8S/c1-18-7-9-20(10-8-18)23-17-24(28(29,30)31)32-36(23)21-11-13-22(14-12-21)46(41,42)33-25(38)15-16-35(6)37(40)34-45-19(2)43-26(39)44-27(3,4)5/h7-14,17,19H,15-16H2,1-6H3,(H,33,38). The van der Waals surface area contributed by atoms with Crippen molar-refractivity contribution in [3.63, 3.8) is 0 Å². The molecule has 0 aliphatic heterocycles. The first-order chi connectivity index (χ1) is 21.2. The molecule has 1 atom stereocenters. The van der Waals surface area contributed by atoms with Crippen molar-refractivity contribution in [1.82, 2.24) is 19.5 Å². The first-order valence-electron chi connectivity index (χ1n) is 13.6. The van der Waals surface area contributed by atoms with Gasteiger partial charge < -0.3 is 14.7 Å². The minimum atomic E-state index is -4.72. The van der Waals surface area contributed by atoms with Gasteiger partial charge >= 0.3 is 12.3 Å². The van der Waals surface area contributed by atoms with Crippen LogP contribution >= 0.6 is 0 Å². The Kier molecular flexibility index (Phi) is 10.9. The second-order valence-corrected chi connectivity index (χ2v) is 12.6. The minimum absolute atomic E-state index is 0.0419. The molecule has 2 aromatic carbocycles. The molecule has 3 rings (SSSR count). The van der Waals surface area contributed by atoms with Crippen LogP contribution in [-0.4, -0.2) is 65.7 Å². The number of aryl methyl sites for hydroxylation is 1. The number of hydrogen-bond acceptors (Lipinski definition) is 10. The first-order valence-corrected chi connectivity index (χ1v) is 15.1. The van der Waals surface area contributed by atoms with E-state index in [1.165, 1.54) is 26.1 Å². The molecule has 0 bridgehead atoms. The summed E-state index contributed by atoms with van der Waals surface area (Å²) in [4.78, 5) is 28.4. The highest BCUT2D eigenvalue weighted by Crippen LogP contribution is 2.33. The lowest BCUT2D eigenvalue weighted by Crippen LogP contribution is -2.35. The van der Waals surface area contributed by atoms with Gasteiger partial charge in [-0.15, -0.1) is 5.01 Å². The molecule has 1 amide bonds. The Labute approximate surface area is 262 Å². The third kappa shape index (κ3) is 10.1. The van der Waals surface area contributed by atoms with Crippen LogP contribution in [0.3, 0.4) is 0 Å². The lowest BCUT2D eigenvalue weighted by molar-refractivity contribution is -0.707. The number of halogens is 3. The Hall–Kier alpha value is -4.87. The molecule has 18 heteroatoms. The van der Waals surface area contributed by atoms with Crippen LogP contribution in [0.1, 0.15) is 45.4 Å². The predicted molar refractivity (Wildman–Crippen MR) is 155 cm³/mol. The largest absolute Gasteiger partial charge is 0.569 e. The first kappa shape index (κ1) is 35.6. The van der Waals surface area contributed by atoms with Gasteiger partial charge in [-0.25, -0.2) is 22.6 Å². The van der Waals surface area contributed by atoms with Crippen LogP contribution in [0.5, 0.6) is 0 Å². The molecule has 0 aliphatic rings. The fraction of sp³-hybridized carbons (Fsp3) is 0.393. The van der Waals surface area contributed by atoms with Crippen molar-refractivity contribution in [3.8, 4) is 16.9 Å². The summed E-state index contributed by atoms with van der Waals surface area (Å²) in [6.07, 6.45) is -7.50.